The first kappa shape index (κ1) is 20.7. The SMILES string of the molecule is CC#Cc1cc2cnc(Nc3ccc(C4CNCCO4)cc3)nc2n(C2CCCC2)c1=O. The minimum atomic E-state index is -0.0613. The zero-order valence-corrected chi connectivity index (χ0v) is 18.2. The summed E-state index contributed by atoms with van der Waals surface area (Å²) in [6.45, 7) is 4.19. The van der Waals surface area contributed by atoms with Gasteiger partial charge in [0.15, 0.2) is 0 Å². The van der Waals surface area contributed by atoms with Crippen LogP contribution in [0.25, 0.3) is 11.0 Å². The maximum atomic E-state index is 13.2. The highest BCUT2D eigenvalue weighted by Crippen LogP contribution is 2.31. The van der Waals surface area contributed by atoms with Crippen LogP contribution in [0.2, 0.25) is 0 Å². The first-order chi connectivity index (χ1) is 15.7. The van der Waals surface area contributed by atoms with Crippen molar-refractivity contribution >= 4 is 22.7 Å². The lowest BCUT2D eigenvalue weighted by Gasteiger charge is -2.24. The van der Waals surface area contributed by atoms with Gasteiger partial charge in [0.25, 0.3) is 5.56 Å². The molecule has 0 radical (unpaired) electrons. The topological polar surface area (TPSA) is 81.1 Å². The number of ether oxygens (including phenoxy) is 1. The average molecular weight is 430 g/mol. The van der Waals surface area contributed by atoms with E-state index in [0.717, 1.165) is 62.0 Å². The van der Waals surface area contributed by atoms with E-state index in [2.05, 4.69) is 39.6 Å². The van der Waals surface area contributed by atoms with E-state index in [1.54, 1.807) is 19.2 Å². The van der Waals surface area contributed by atoms with Crippen LogP contribution in [0.3, 0.4) is 0 Å². The molecule has 1 atom stereocenters. The Kier molecular flexibility index (Phi) is 5.89. The highest BCUT2D eigenvalue weighted by molar-refractivity contribution is 5.77. The van der Waals surface area contributed by atoms with Crippen LogP contribution in [0.5, 0.6) is 0 Å². The van der Waals surface area contributed by atoms with Gasteiger partial charge in [-0.2, -0.15) is 4.98 Å². The van der Waals surface area contributed by atoms with Crippen molar-refractivity contribution in [3.05, 3.63) is 58.0 Å². The number of aromatic nitrogens is 3. The van der Waals surface area contributed by atoms with Gasteiger partial charge in [-0.3, -0.25) is 9.36 Å². The van der Waals surface area contributed by atoms with E-state index in [-0.39, 0.29) is 17.7 Å². The molecule has 7 heteroatoms. The molecule has 3 aromatic rings. The summed E-state index contributed by atoms with van der Waals surface area (Å²) >= 11 is 0. The van der Waals surface area contributed by atoms with Crippen molar-refractivity contribution in [1.29, 1.82) is 0 Å². The van der Waals surface area contributed by atoms with Crippen LogP contribution in [0, 0.1) is 11.8 Å². The summed E-state index contributed by atoms with van der Waals surface area (Å²) in [5.41, 5.74) is 3.14. The number of benzene rings is 1. The Morgan fingerprint density at radius 3 is 2.75 bits per heavy atom. The third-order valence-corrected chi connectivity index (χ3v) is 6.19. The second kappa shape index (κ2) is 9.11. The molecule has 5 rings (SSSR count). The minimum Gasteiger partial charge on any atom is -0.371 e. The number of rotatable bonds is 4. The van der Waals surface area contributed by atoms with Crippen molar-refractivity contribution in [2.75, 3.05) is 25.0 Å². The number of hydrogen-bond acceptors (Lipinski definition) is 6. The fourth-order valence-electron chi connectivity index (χ4n) is 4.60. The van der Waals surface area contributed by atoms with Crippen LogP contribution >= 0.6 is 0 Å². The van der Waals surface area contributed by atoms with Gasteiger partial charge in [0, 0.05) is 36.4 Å². The molecule has 1 saturated heterocycles. The van der Waals surface area contributed by atoms with Crippen molar-refractivity contribution in [3.63, 3.8) is 0 Å². The van der Waals surface area contributed by atoms with Crippen LogP contribution < -0.4 is 16.2 Å². The van der Waals surface area contributed by atoms with Gasteiger partial charge < -0.3 is 15.4 Å². The van der Waals surface area contributed by atoms with E-state index in [1.807, 2.05) is 16.7 Å². The van der Waals surface area contributed by atoms with Crippen molar-refractivity contribution < 1.29 is 4.74 Å². The van der Waals surface area contributed by atoms with E-state index >= 15 is 0 Å². The highest BCUT2D eigenvalue weighted by atomic mass is 16.5. The third kappa shape index (κ3) is 4.12. The molecule has 0 bridgehead atoms. The lowest BCUT2D eigenvalue weighted by molar-refractivity contribution is 0.0277. The number of nitrogens with zero attached hydrogens (tertiary/aromatic N) is 3. The summed E-state index contributed by atoms with van der Waals surface area (Å²) < 4.78 is 7.66. The molecule has 2 N–H and O–H groups in total. The number of morpholine rings is 1. The summed E-state index contributed by atoms with van der Waals surface area (Å²) in [5.74, 6) is 6.27. The van der Waals surface area contributed by atoms with Crippen molar-refractivity contribution in [1.82, 2.24) is 19.9 Å². The van der Waals surface area contributed by atoms with Gasteiger partial charge in [0.05, 0.1) is 18.3 Å². The first-order valence-corrected chi connectivity index (χ1v) is 11.3. The molecule has 1 saturated carbocycles. The van der Waals surface area contributed by atoms with Crippen LogP contribution in [0.1, 0.15) is 55.9 Å². The van der Waals surface area contributed by atoms with Crippen LogP contribution in [-0.2, 0) is 4.74 Å². The van der Waals surface area contributed by atoms with Crippen LogP contribution in [-0.4, -0.2) is 34.2 Å². The summed E-state index contributed by atoms with van der Waals surface area (Å²) in [7, 11) is 0. The van der Waals surface area contributed by atoms with E-state index in [9.17, 15) is 4.79 Å². The van der Waals surface area contributed by atoms with Gasteiger partial charge in [-0.05, 0) is 43.5 Å². The van der Waals surface area contributed by atoms with Crippen LogP contribution in [0.15, 0.2) is 41.3 Å². The molecule has 32 heavy (non-hydrogen) atoms. The fraction of sp³-hybridized carbons (Fsp3) is 0.400. The Bertz CT molecular complexity index is 1230. The number of hydrogen-bond donors (Lipinski definition) is 2. The van der Waals surface area contributed by atoms with Crippen LogP contribution in [0.4, 0.5) is 11.6 Å². The molecule has 1 aromatic carbocycles. The Labute approximate surface area is 187 Å². The molecule has 164 valence electrons. The Morgan fingerprint density at radius 1 is 1.22 bits per heavy atom. The molecule has 1 aliphatic heterocycles. The van der Waals surface area contributed by atoms with E-state index in [0.29, 0.717) is 17.2 Å². The zero-order valence-electron chi connectivity index (χ0n) is 18.2. The number of nitrogens with one attached hydrogen (secondary N) is 2. The molecule has 2 aliphatic rings. The Hall–Kier alpha value is -3.21. The molecule has 3 heterocycles. The Morgan fingerprint density at radius 2 is 2.03 bits per heavy atom. The monoisotopic (exact) mass is 429 g/mol. The average Bonchev–Trinajstić information content (AvgIpc) is 3.35. The molecule has 0 spiro atoms. The van der Waals surface area contributed by atoms with E-state index in [4.69, 9.17) is 9.72 Å². The summed E-state index contributed by atoms with van der Waals surface area (Å²) in [4.78, 5) is 22.4. The van der Waals surface area contributed by atoms with E-state index < -0.39 is 0 Å². The maximum absolute atomic E-state index is 13.2. The first-order valence-electron chi connectivity index (χ1n) is 11.3. The van der Waals surface area contributed by atoms with Crippen molar-refractivity contribution in [2.45, 2.75) is 44.8 Å². The lowest BCUT2D eigenvalue weighted by atomic mass is 10.1. The molecule has 2 aromatic heterocycles. The number of anilines is 2. The molecule has 7 nitrogen and oxygen atoms in total. The van der Waals surface area contributed by atoms with Gasteiger partial charge in [0.1, 0.15) is 5.65 Å². The normalized spacial score (nSPS) is 19.0. The molecule has 1 aliphatic carbocycles. The van der Waals surface area contributed by atoms with Crippen molar-refractivity contribution in [2.24, 2.45) is 0 Å². The fourth-order valence-corrected chi connectivity index (χ4v) is 4.60. The highest BCUT2D eigenvalue weighted by Gasteiger charge is 2.22. The summed E-state index contributed by atoms with van der Waals surface area (Å²) in [6.07, 6.45) is 6.09. The number of pyridine rings is 1. The van der Waals surface area contributed by atoms with Gasteiger partial charge in [-0.15, -0.1) is 5.92 Å². The quantitative estimate of drug-likeness (QED) is 0.616. The molecule has 2 fully saturated rings. The zero-order chi connectivity index (χ0) is 21.9. The second-order valence-corrected chi connectivity index (χ2v) is 8.33. The molecule has 0 amide bonds. The maximum Gasteiger partial charge on any atom is 0.268 e. The lowest BCUT2D eigenvalue weighted by Crippen LogP contribution is -2.33. The smallest absolute Gasteiger partial charge is 0.268 e. The van der Waals surface area contributed by atoms with Gasteiger partial charge >= 0.3 is 0 Å². The molecular formula is C25H27N5O2. The van der Waals surface area contributed by atoms with Gasteiger partial charge in [0.2, 0.25) is 5.95 Å². The van der Waals surface area contributed by atoms with Crippen molar-refractivity contribution in [3.8, 4) is 11.8 Å². The molecule has 1 unspecified atom stereocenters. The third-order valence-electron chi connectivity index (χ3n) is 6.19. The summed E-state index contributed by atoms with van der Waals surface area (Å²) in [6, 6.07) is 10.1. The standard InChI is InChI=1S/C25H27N5O2/c1-2-5-18-14-19-15-27-25(29-23(19)30(24(18)31)21-6-3-4-7-21)28-20-10-8-17(9-11-20)22-16-26-12-13-32-22/h8-11,14-15,21-22,26H,3-4,6-7,12-13,16H2,1H3,(H,27,28,29). The van der Waals surface area contributed by atoms with Gasteiger partial charge in [-0.25, -0.2) is 4.98 Å². The number of fused-ring (bicyclic) bond motifs is 1. The second-order valence-electron chi connectivity index (χ2n) is 8.33. The largest absolute Gasteiger partial charge is 0.371 e. The van der Waals surface area contributed by atoms with Gasteiger partial charge in [-0.1, -0.05) is 30.9 Å². The predicted octanol–water partition coefficient (Wildman–Crippen LogP) is 3.68. The Balaban J connectivity index is 1.47. The molecular weight excluding hydrogens is 402 g/mol. The minimum absolute atomic E-state index is 0.0613. The van der Waals surface area contributed by atoms with E-state index in [1.165, 1.54) is 0 Å². The summed E-state index contributed by atoms with van der Waals surface area (Å²) in [5, 5.41) is 7.46. The predicted molar refractivity (Wildman–Crippen MR) is 125 cm³/mol.